The number of hydrogen-bond donors (Lipinski definition) is 1. The zero-order valence-electron chi connectivity index (χ0n) is 14.3. The molecule has 28 heavy (non-hydrogen) atoms. The smallest absolute Gasteiger partial charge is 0.287 e. The lowest BCUT2D eigenvalue weighted by Crippen LogP contribution is -2.18. The van der Waals surface area contributed by atoms with E-state index in [4.69, 9.17) is 4.74 Å². The third-order valence-electron chi connectivity index (χ3n) is 3.53. The summed E-state index contributed by atoms with van der Waals surface area (Å²) in [4.78, 5) is 26.0. The van der Waals surface area contributed by atoms with E-state index >= 15 is 0 Å². The van der Waals surface area contributed by atoms with Crippen LogP contribution in [-0.4, -0.2) is 22.0 Å². The molecule has 8 nitrogen and oxygen atoms in total. The number of benzene rings is 2. The van der Waals surface area contributed by atoms with Crippen LogP contribution in [0.4, 0.5) is 5.69 Å². The third kappa shape index (κ3) is 4.98. The molecule has 0 saturated heterocycles. The second-order valence-electron chi connectivity index (χ2n) is 5.46. The van der Waals surface area contributed by atoms with Crippen molar-refractivity contribution in [1.82, 2.24) is 10.4 Å². The molecule has 140 valence electrons. The summed E-state index contributed by atoms with van der Waals surface area (Å²) in [6.07, 6.45) is 2.63. The summed E-state index contributed by atoms with van der Waals surface area (Å²) in [6.45, 7) is 0. The molecule has 1 N–H and O–H groups in total. The van der Waals surface area contributed by atoms with Crippen LogP contribution in [-0.2, 0) is 0 Å². The van der Waals surface area contributed by atoms with Gasteiger partial charge in [0.25, 0.3) is 11.6 Å². The van der Waals surface area contributed by atoms with E-state index in [0.717, 1.165) is 11.8 Å². The fourth-order valence-corrected chi connectivity index (χ4v) is 2.62. The van der Waals surface area contributed by atoms with Crippen molar-refractivity contribution in [2.24, 2.45) is 5.10 Å². The summed E-state index contributed by atoms with van der Waals surface area (Å²) in [6, 6.07) is 16.7. The quantitative estimate of drug-likeness (QED) is 0.349. The van der Waals surface area contributed by atoms with E-state index in [-0.39, 0.29) is 17.5 Å². The monoisotopic (exact) mass is 440 g/mol. The number of rotatable bonds is 6. The molecule has 0 aliphatic heterocycles. The molecule has 0 spiro atoms. The molecular formula is C19H13BrN4O4. The Balaban J connectivity index is 1.58. The van der Waals surface area contributed by atoms with Crippen molar-refractivity contribution in [2.75, 3.05) is 0 Å². The van der Waals surface area contributed by atoms with E-state index in [0.29, 0.717) is 15.8 Å². The van der Waals surface area contributed by atoms with Crippen molar-refractivity contribution in [3.63, 3.8) is 0 Å². The topological polar surface area (TPSA) is 107 Å². The highest BCUT2D eigenvalue weighted by Gasteiger charge is 2.08. The number of ether oxygens (including phenoxy) is 1. The molecule has 2 aromatic carbocycles. The number of aromatic nitrogens is 1. The molecule has 0 atom stereocenters. The fourth-order valence-electron chi connectivity index (χ4n) is 2.15. The number of hydrazone groups is 1. The van der Waals surface area contributed by atoms with E-state index in [1.807, 2.05) is 6.07 Å². The Labute approximate surface area is 168 Å². The third-order valence-corrected chi connectivity index (χ3v) is 4.22. The second kappa shape index (κ2) is 8.87. The normalized spacial score (nSPS) is 10.6. The second-order valence-corrected chi connectivity index (χ2v) is 6.32. The number of nitrogens with zero attached hydrogens (tertiary/aromatic N) is 3. The van der Waals surface area contributed by atoms with E-state index in [1.54, 1.807) is 42.5 Å². The fraction of sp³-hybridized carbons (Fsp3) is 0. The van der Waals surface area contributed by atoms with Gasteiger partial charge >= 0.3 is 0 Å². The van der Waals surface area contributed by atoms with Crippen LogP contribution < -0.4 is 10.2 Å². The number of nitro groups is 1. The molecule has 3 aromatic rings. The Morgan fingerprint density at radius 3 is 2.54 bits per heavy atom. The minimum Gasteiger partial charge on any atom is -0.439 e. The summed E-state index contributed by atoms with van der Waals surface area (Å²) in [5.74, 6) is 0.427. The summed E-state index contributed by atoms with van der Waals surface area (Å²) >= 11 is 3.31. The van der Waals surface area contributed by atoms with Gasteiger partial charge in [-0.05, 0) is 57.9 Å². The van der Waals surface area contributed by atoms with Gasteiger partial charge in [0.1, 0.15) is 11.9 Å². The Bertz CT molecular complexity index is 1020. The summed E-state index contributed by atoms with van der Waals surface area (Å²) in [7, 11) is 0. The van der Waals surface area contributed by atoms with Crippen LogP contribution in [0, 0.1) is 10.1 Å². The number of carbonyl (C=O) groups is 1. The first kappa shape index (κ1) is 19.2. The van der Waals surface area contributed by atoms with Crippen molar-refractivity contribution in [3.8, 4) is 11.6 Å². The molecule has 0 saturated carbocycles. The highest BCUT2D eigenvalue weighted by Crippen LogP contribution is 2.21. The molecule has 1 heterocycles. The van der Waals surface area contributed by atoms with Crippen molar-refractivity contribution < 1.29 is 14.5 Å². The maximum absolute atomic E-state index is 12.1. The zero-order chi connectivity index (χ0) is 19.9. The maximum atomic E-state index is 12.1. The van der Waals surface area contributed by atoms with E-state index in [9.17, 15) is 14.9 Å². The first-order valence-electron chi connectivity index (χ1n) is 7.99. The summed E-state index contributed by atoms with van der Waals surface area (Å²) < 4.78 is 6.21. The van der Waals surface area contributed by atoms with Crippen molar-refractivity contribution >= 4 is 33.7 Å². The highest BCUT2D eigenvalue weighted by molar-refractivity contribution is 9.10. The molecule has 1 aromatic heterocycles. The Kier molecular flexibility index (Phi) is 6.07. The predicted molar refractivity (Wildman–Crippen MR) is 107 cm³/mol. The van der Waals surface area contributed by atoms with Gasteiger partial charge in [-0.25, -0.2) is 10.4 Å². The van der Waals surface area contributed by atoms with Crippen LogP contribution in [0.2, 0.25) is 0 Å². The lowest BCUT2D eigenvalue weighted by atomic mass is 10.2. The molecular weight excluding hydrogens is 428 g/mol. The van der Waals surface area contributed by atoms with Gasteiger partial charge in [-0.1, -0.05) is 12.1 Å². The predicted octanol–water partition coefficient (Wildman–Crippen LogP) is 4.31. The van der Waals surface area contributed by atoms with Crippen molar-refractivity contribution in [3.05, 3.63) is 92.6 Å². The standard InChI is InChI=1S/C19H13BrN4O4/c20-17-4-2-1-3-16(17)19(25)23-22-11-13-5-8-15(9-6-13)28-18-10-7-14(12-21-18)24(26)27/h1-12H,(H,23,25). The Hall–Kier alpha value is -3.59. The van der Waals surface area contributed by atoms with Gasteiger partial charge in [0.15, 0.2) is 0 Å². The number of nitrogens with one attached hydrogen (secondary N) is 1. The van der Waals surface area contributed by atoms with Crippen LogP contribution in [0.15, 0.2) is 76.4 Å². The van der Waals surface area contributed by atoms with Gasteiger partial charge in [-0.2, -0.15) is 5.10 Å². The van der Waals surface area contributed by atoms with Crippen LogP contribution >= 0.6 is 15.9 Å². The van der Waals surface area contributed by atoms with Crippen molar-refractivity contribution in [2.45, 2.75) is 0 Å². The number of carbonyl (C=O) groups excluding carboxylic acids is 1. The van der Waals surface area contributed by atoms with Gasteiger partial charge in [-0.15, -0.1) is 0 Å². The Morgan fingerprint density at radius 1 is 1.14 bits per heavy atom. The highest BCUT2D eigenvalue weighted by atomic mass is 79.9. The summed E-state index contributed by atoms with van der Waals surface area (Å²) in [5.41, 5.74) is 3.59. The van der Waals surface area contributed by atoms with Crippen LogP contribution in [0.25, 0.3) is 0 Å². The molecule has 0 radical (unpaired) electrons. The van der Waals surface area contributed by atoms with Crippen LogP contribution in [0.1, 0.15) is 15.9 Å². The van der Waals surface area contributed by atoms with Crippen LogP contribution in [0.5, 0.6) is 11.6 Å². The molecule has 0 aliphatic rings. The van der Waals surface area contributed by atoms with Gasteiger partial charge in [-0.3, -0.25) is 14.9 Å². The molecule has 0 bridgehead atoms. The molecule has 0 unspecified atom stereocenters. The number of hydrogen-bond acceptors (Lipinski definition) is 6. The van der Waals surface area contributed by atoms with E-state index in [1.165, 1.54) is 18.3 Å². The van der Waals surface area contributed by atoms with E-state index < -0.39 is 4.92 Å². The van der Waals surface area contributed by atoms with Gasteiger partial charge < -0.3 is 4.74 Å². The lowest BCUT2D eigenvalue weighted by Gasteiger charge is -2.04. The first-order valence-corrected chi connectivity index (χ1v) is 8.78. The van der Waals surface area contributed by atoms with Gasteiger partial charge in [0.2, 0.25) is 5.88 Å². The van der Waals surface area contributed by atoms with Crippen LogP contribution in [0.3, 0.4) is 0 Å². The van der Waals surface area contributed by atoms with Gasteiger partial charge in [0, 0.05) is 16.6 Å². The van der Waals surface area contributed by atoms with Crippen molar-refractivity contribution in [1.29, 1.82) is 0 Å². The molecule has 0 fully saturated rings. The zero-order valence-corrected chi connectivity index (χ0v) is 15.9. The maximum Gasteiger partial charge on any atom is 0.287 e. The lowest BCUT2D eigenvalue weighted by molar-refractivity contribution is -0.385. The number of amides is 1. The molecule has 1 amide bonds. The minimum atomic E-state index is -0.528. The summed E-state index contributed by atoms with van der Waals surface area (Å²) in [5, 5.41) is 14.6. The minimum absolute atomic E-state index is 0.108. The Morgan fingerprint density at radius 2 is 1.89 bits per heavy atom. The average molecular weight is 441 g/mol. The molecule has 3 rings (SSSR count). The number of pyridine rings is 1. The van der Waals surface area contributed by atoms with Gasteiger partial charge in [0.05, 0.1) is 16.7 Å². The SMILES string of the molecule is O=C(NN=Cc1ccc(Oc2ccc([N+](=O)[O-])cn2)cc1)c1ccccc1Br. The largest absolute Gasteiger partial charge is 0.439 e. The average Bonchev–Trinajstić information content (AvgIpc) is 2.70. The number of halogens is 1. The molecule has 0 aliphatic carbocycles. The first-order chi connectivity index (χ1) is 13.5. The molecule has 9 heteroatoms. The van der Waals surface area contributed by atoms with E-state index in [2.05, 4.69) is 31.4 Å².